The molecule has 0 aromatic rings. The van der Waals surface area contributed by atoms with Crippen molar-refractivity contribution in [3.8, 4) is 0 Å². The molecule has 0 aromatic heterocycles. The highest BCUT2D eigenvalue weighted by Crippen LogP contribution is 2.32. The van der Waals surface area contributed by atoms with E-state index in [1.54, 1.807) is 0 Å². The maximum atomic E-state index is 12.1. The number of amides is 1. The Morgan fingerprint density at radius 3 is 2.67 bits per heavy atom. The van der Waals surface area contributed by atoms with Crippen molar-refractivity contribution >= 4 is 5.91 Å². The van der Waals surface area contributed by atoms with E-state index in [1.807, 2.05) is 0 Å². The Bertz CT molecular complexity index is 360. The van der Waals surface area contributed by atoms with Crippen LogP contribution in [0.15, 0.2) is 0 Å². The molecule has 0 radical (unpaired) electrons. The number of likely N-dealkylation sites (N-methyl/N-ethyl adjacent to an activating group) is 1. The zero-order valence-electron chi connectivity index (χ0n) is 13.9. The Labute approximate surface area is 129 Å². The summed E-state index contributed by atoms with van der Waals surface area (Å²) in [5.74, 6) is -0.173. The van der Waals surface area contributed by atoms with E-state index >= 15 is 0 Å². The number of rotatable bonds is 4. The lowest BCUT2D eigenvalue weighted by atomic mass is 9.77. The van der Waals surface area contributed by atoms with Crippen molar-refractivity contribution in [3.63, 3.8) is 0 Å². The Balaban J connectivity index is 2.05. The van der Waals surface area contributed by atoms with Gasteiger partial charge >= 0.3 is 0 Å². The lowest BCUT2D eigenvalue weighted by Crippen LogP contribution is -2.62. The van der Waals surface area contributed by atoms with Gasteiger partial charge in [-0.1, -0.05) is 0 Å². The zero-order valence-corrected chi connectivity index (χ0v) is 13.9. The molecule has 1 saturated carbocycles. The highest BCUT2D eigenvalue weighted by atomic mass is 16.1. The lowest BCUT2D eigenvalue weighted by molar-refractivity contribution is -0.127. The predicted octanol–water partition coefficient (Wildman–Crippen LogP) is 0.789. The summed E-state index contributed by atoms with van der Waals surface area (Å²) in [6.45, 7) is 8.74. The second kappa shape index (κ2) is 7.07. The van der Waals surface area contributed by atoms with E-state index in [9.17, 15) is 4.79 Å². The number of hydrogen-bond acceptors (Lipinski definition) is 4. The molecule has 1 aliphatic carbocycles. The van der Waals surface area contributed by atoms with E-state index in [4.69, 9.17) is 5.73 Å². The van der Waals surface area contributed by atoms with Gasteiger partial charge in [-0.2, -0.15) is 0 Å². The first-order chi connectivity index (χ1) is 9.93. The average Bonchev–Trinajstić information content (AvgIpc) is 2.63. The summed E-state index contributed by atoms with van der Waals surface area (Å²) in [4.78, 5) is 17.1. The highest BCUT2D eigenvalue weighted by molar-refractivity contribution is 5.85. The van der Waals surface area contributed by atoms with Crippen LogP contribution >= 0.6 is 0 Å². The minimum Gasteiger partial charge on any atom is -0.368 e. The molecule has 0 spiro atoms. The standard InChI is InChI=1S/C16H32N4O/c1-13(2)18-16(15(17)21)7-4-6-14(12-16)20-9-5-8-19(3)10-11-20/h13-14,18H,4-12H2,1-3H3,(H2,17,21). The van der Waals surface area contributed by atoms with Gasteiger partial charge < -0.3 is 16.0 Å². The summed E-state index contributed by atoms with van der Waals surface area (Å²) in [5, 5.41) is 3.48. The number of carbonyl (C=O) groups excluding carboxylic acids is 1. The number of carbonyl (C=O) groups is 1. The third-order valence-electron chi connectivity index (χ3n) is 5.03. The Morgan fingerprint density at radius 1 is 1.24 bits per heavy atom. The molecule has 0 aromatic carbocycles. The maximum absolute atomic E-state index is 12.1. The first kappa shape index (κ1) is 16.7. The van der Waals surface area contributed by atoms with Crippen LogP contribution in [0.5, 0.6) is 0 Å². The van der Waals surface area contributed by atoms with Crippen LogP contribution in [0.2, 0.25) is 0 Å². The van der Waals surface area contributed by atoms with Crippen LogP contribution in [0.3, 0.4) is 0 Å². The van der Waals surface area contributed by atoms with Crippen molar-refractivity contribution in [1.29, 1.82) is 0 Å². The number of nitrogens with one attached hydrogen (secondary N) is 1. The highest BCUT2D eigenvalue weighted by Gasteiger charge is 2.43. The smallest absolute Gasteiger partial charge is 0.237 e. The number of hydrogen-bond donors (Lipinski definition) is 2. The molecular formula is C16H32N4O. The third kappa shape index (κ3) is 4.18. The number of nitrogens with two attached hydrogens (primary N) is 1. The van der Waals surface area contributed by atoms with Gasteiger partial charge in [0.25, 0.3) is 0 Å². The van der Waals surface area contributed by atoms with Gasteiger partial charge in [-0.05, 0) is 66.1 Å². The SMILES string of the molecule is CC(C)NC1(C(N)=O)CCCC(N2CCCN(C)CC2)C1. The fourth-order valence-corrected chi connectivity index (χ4v) is 3.97. The van der Waals surface area contributed by atoms with Crippen LogP contribution in [0, 0.1) is 0 Å². The minimum absolute atomic E-state index is 0.173. The van der Waals surface area contributed by atoms with Gasteiger partial charge in [0.15, 0.2) is 0 Å². The van der Waals surface area contributed by atoms with Crippen molar-refractivity contribution in [2.45, 2.75) is 63.6 Å². The first-order valence-electron chi connectivity index (χ1n) is 8.43. The molecule has 2 rings (SSSR count). The van der Waals surface area contributed by atoms with Crippen LogP contribution in [0.4, 0.5) is 0 Å². The third-order valence-corrected chi connectivity index (χ3v) is 5.03. The predicted molar refractivity (Wildman–Crippen MR) is 86.1 cm³/mol. The van der Waals surface area contributed by atoms with Crippen molar-refractivity contribution < 1.29 is 4.79 Å². The average molecular weight is 296 g/mol. The van der Waals surface area contributed by atoms with Crippen LogP contribution in [0.1, 0.15) is 46.0 Å². The quantitative estimate of drug-likeness (QED) is 0.805. The maximum Gasteiger partial charge on any atom is 0.237 e. The zero-order chi connectivity index (χ0) is 15.5. The molecule has 0 bridgehead atoms. The fourth-order valence-electron chi connectivity index (χ4n) is 3.97. The largest absolute Gasteiger partial charge is 0.368 e. The van der Waals surface area contributed by atoms with Gasteiger partial charge in [0, 0.05) is 25.2 Å². The molecule has 21 heavy (non-hydrogen) atoms. The van der Waals surface area contributed by atoms with Gasteiger partial charge in [0.1, 0.15) is 0 Å². The molecule has 1 amide bonds. The summed E-state index contributed by atoms with van der Waals surface area (Å²) in [7, 11) is 2.19. The van der Waals surface area contributed by atoms with Crippen molar-refractivity contribution in [1.82, 2.24) is 15.1 Å². The molecule has 1 aliphatic heterocycles. The molecule has 3 N–H and O–H groups in total. The molecule has 2 aliphatic rings. The van der Waals surface area contributed by atoms with E-state index in [0.29, 0.717) is 6.04 Å². The second-order valence-electron chi connectivity index (χ2n) is 7.19. The molecule has 5 nitrogen and oxygen atoms in total. The summed E-state index contributed by atoms with van der Waals surface area (Å²) in [6.07, 6.45) is 5.24. The van der Waals surface area contributed by atoms with E-state index in [-0.39, 0.29) is 11.9 Å². The summed E-state index contributed by atoms with van der Waals surface area (Å²) in [5.41, 5.74) is 5.26. The Kier molecular flexibility index (Phi) is 5.63. The second-order valence-corrected chi connectivity index (χ2v) is 7.19. The van der Waals surface area contributed by atoms with Crippen molar-refractivity contribution in [3.05, 3.63) is 0 Å². The van der Waals surface area contributed by atoms with E-state index in [2.05, 4.69) is 36.0 Å². The van der Waals surface area contributed by atoms with Crippen LogP contribution in [-0.4, -0.2) is 66.6 Å². The molecule has 1 saturated heterocycles. The minimum atomic E-state index is -0.505. The topological polar surface area (TPSA) is 61.6 Å². The van der Waals surface area contributed by atoms with Crippen molar-refractivity contribution in [2.75, 3.05) is 33.2 Å². The molecule has 5 heteroatoms. The monoisotopic (exact) mass is 296 g/mol. The summed E-state index contributed by atoms with van der Waals surface area (Å²) < 4.78 is 0. The Hall–Kier alpha value is -0.650. The van der Waals surface area contributed by atoms with E-state index < -0.39 is 5.54 Å². The number of nitrogens with zero attached hydrogens (tertiary/aromatic N) is 2. The molecule has 2 unspecified atom stereocenters. The molecule has 1 heterocycles. The first-order valence-corrected chi connectivity index (χ1v) is 8.43. The van der Waals surface area contributed by atoms with Gasteiger partial charge in [-0.25, -0.2) is 0 Å². The number of primary amides is 1. The fraction of sp³-hybridized carbons (Fsp3) is 0.938. The summed E-state index contributed by atoms with van der Waals surface area (Å²) in [6, 6.07) is 0.774. The Morgan fingerprint density at radius 2 is 2.00 bits per heavy atom. The lowest BCUT2D eigenvalue weighted by Gasteiger charge is -2.44. The molecular weight excluding hydrogens is 264 g/mol. The normalized spacial score (nSPS) is 33.0. The van der Waals surface area contributed by atoms with Crippen LogP contribution in [0.25, 0.3) is 0 Å². The summed E-state index contributed by atoms with van der Waals surface area (Å²) >= 11 is 0. The molecule has 122 valence electrons. The van der Waals surface area contributed by atoms with E-state index in [0.717, 1.165) is 38.9 Å². The van der Waals surface area contributed by atoms with Crippen LogP contribution in [-0.2, 0) is 4.79 Å². The van der Waals surface area contributed by atoms with Gasteiger partial charge in [0.2, 0.25) is 5.91 Å². The molecule has 2 atom stereocenters. The van der Waals surface area contributed by atoms with Crippen molar-refractivity contribution in [2.24, 2.45) is 5.73 Å². The van der Waals surface area contributed by atoms with E-state index in [1.165, 1.54) is 19.4 Å². The van der Waals surface area contributed by atoms with Gasteiger partial charge in [-0.15, -0.1) is 0 Å². The van der Waals surface area contributed by atoms with Gasteiger partial charge in [0.05, 0.1) is 5.54 Å². The van der Waals surface area contributed by atoms with Crippen LogP contribution < -0.4 is 11.1 Å². The molecule has 2 fully saturated rings. The van der Waals surface area contributed by atoms with Gasteiger partial charge in [-0.3, -0.25) is 9.69 Å².